The molecule has 0 atom stereocenters. The molecule has 0 bridgehead atoms. The standard InChI is InChI=1S/C16H21ClFNO4S/c1-2-11-7-13(16(18)14(17)8-11)15(20)9-19-24(21,22)10-12-3-5-23-6-4-12/h7-8,12,19H,2-6,9-10H2,1H3. The van der Waals surface area contributed by atoms with Crippen LogP contribution >= 0.6 is 11.6 Å². The molecule has 2 rings (SSSR count). The van der Waals surface area contributed by atoms with Gasteiger partial charge in [-0.05, 0) is 42.9 Å². The van der Waals surface area contributed by atoms with E-state index >= 15 is 0 Å². The lowest BCUT2D eigenvalue weighted by Crippen LogP contribution is -2.35. The molecule has 0 radical (unpaired) electrons. The number of carbonyl (C=O) groups is 1. The van der Waals surface area contributed by atoms with Crippen molar-refractivity contribution in [2.75, 3.05) is 25.5 Å². The minimum absolute atomic E-state index is 0.0148. The van der Waals surface area contributed by atoms with Crippen molar-refractivity contribution < 1.29 is 22.3 Å². The first-order valence-corrected chi connectivity index (χ1v) is 9.91. The van der Waals surface area contributed by atoms with Gasteiger partial charge in [-0.1, -0.05) is 18.5 Å². The van der Waals surface area contributed by atoms with Gasteiger partial charge in [0.05, 0.1) is 22.9 Å². The highest BCUT2D eigenvalue weighted by Crippen LogP contribution is 2.22. The van der Waals surface area contributed by atoms with Crippen LogP contribution in [-0.4, -0.2) is 39.7 Å². The van der Waals surface area contributed by atoms with E-state index in [2.05, 4.69) is 4.72 Å². The van der Waals surface area contributed by atoms with Gasteiger partial charge in [-0.3, -0.25) is 4.79 Å². The van der Waals surface area contributed by atoms with Crippen LogP contribution in [0.15, 0.2) is 12.1 Å². The Balaban J connectivity index is 2.00. The van der Waals surface area contributed by atoms with E-state index in [1.165, 1.54) is 12.1 Å². The summed E-state index contributed by atoms with van der Waals surface area (Å²) in [5, 5.41) is -0.136. The first-order chi connectivity index (χ1) is 11.3. The van der Waals surface area contributed by atoms with E-state index in [0.29, 0.717) is 32.5 Å². The van der Waals surface area contributed by atoms with Crippen LogP contribution in [-0.2, 0) is 21.2 Å². The van der Waals surface area contributed by atoms with Gasteiger partial charge in [-0.25, -0.2) is 17.5 Å². The summed E-state index contributed by atoms with van der Waals surface area (Å²) in [4.78, 5) is 12.2. The average molecular weight is 378 g/mol. The quantitative estimate of drug-likeness (QED) is 0.741. The van der Waals surface area contributed by atoms with Crippen LogP contribution in [0.1, 0.15) is 35.7 Å². The van der Waals surface area contributed by atoms with E-state index in [1.807, 2.05) is 6.92 Å². The van der Waals surface area contributed by atoms with Crippen molar-refractivity contribution in [3.8, 4) is 0 Å². The van der Waals surface area contributed by atoms with Gasteiger partial charge in [0.1, 0.15) is 0 Å². The van der Waals surface area contributed by atoms with Crippen molar-refractivity contribution in [3.63, 3.8) is 0 Å². The maximum absolute atomic E-state index is 14.0. The predicted octanol–water partition coefficient (Wildman–Crippen LogP) is 2.57. The molecule has 0 unspecified atom stereocenters. The smallest absolute Gasteiger partial charge is 0.212 e. The fourth-order valence-electron chi connectivity index (χ4n) is 2.61. The third-order valence-corrected chi connectivity index (χ3v) is 5.81. The van der Waals surface area contributed by atoms with Gasteiger partial charge in [-0.2, -0.15) is 0 Å². The molecule has 134 valence electrons. The Morgan fingerprint density at radius 2 is 2.04 bits per heavy atom. The molecule has 5 nitrogen and oxygen atoms in total. The van der Waals surface area contributed by atoms with E-state index in [-0.39, 0.29) is 22.3 Å². The number of halogens is 2. The SMILES string of the molecule is CCc1cc(Cl)c(F)c(C(=O)CNS(=O)(=O)CC2CCOCC2)c1. The molecular weight excluding hydrogens is 357 g/mol. The van der Waals surface area contributed by atoms with Crippen molar-refractivity contribution in [1.29, 1.82) is 0 Å². The maximum Gasteiger partial charge on any atom is 0.212 e. The molecule has 1 aliphatic heterocycles. The molecule has 1 saturated heterocycles. The van der Waals surface area contributed by atoms with Crippen LogP contribution in [0.4, 0.5) is 4.39 Å². The number of sulfonamides is 1. The molecule has 24 heavy (non-hydrogen) atoms. The third-order valence-electron chi connectivity index (χ3n) is 4.05. The number of hydrogen-bond acceptors (Lipinski definition) is 4. The lowest BCUT2D eigenvalue weighted by Gasteiger charge is -2.21. The van der Waals surface area contributed by atoms with E-state index < -0.39 is 28.2 Å². The van der Waals surface area contributed by atoms with E-state index in [1.54, 1.807) is 0 Å². The summed E-state index contributed by atoms with van der Waals surface area (Å²) in [5.41, 5.74) is 0.530. The molecule has 1 fully saturated rings. The molecule has 0 aromatic heterocycles. The number of aryl methyl sites for hydroxylation is 1. The van der Waals surface area contributed by atoms with Crippen molar-refractivity contribution in [3.05, 3.63) is 34.1 Å². The van der Waals surface area contributed by atoms with E-state index in [0.717, 1.165) is 5.56 Å². The van der Waals surface area contributed by atoms with Crippen molar-refractivity contribution in [2.45, 2.75) is 26.2 Å². The molecule has 8 heteroatoms. The van der Waals surface area contributed by atoms with Gasteiger partial charge in [0, 0.05) is 13.2 Å². The van der Waals surface area contributed by atoms with Gasteiger partial charge < -0.3 is 4.74 Å². The summed E-state index contributed by atoms with van der Waals surface area (Å²) in [6, 6.07) is 2.87. The zero-order valence-corrected chi connectivity index (χ0v) is 15.1. The highest BCUT2D eigenvalue weighted by Gasteiger charge is 2.23. The number of hydrogen-bond donors (Lipinski definition) is 1. The Morgan fingerprint density at radius 1 is 1.38 bits per heavy atom. The van der Waals surface area contributed by atoms with Crippen LogP contribution in [0.5, 0.6) is 0 Å². The lowest BCUT2D eigenvalue weighted by atomic mass is 10.0. The van der Waals surface area contributed by atoms with Gasteiger partial charge in [-0.15, -0.1) is 0 Å². The predicted molar refractivity (Wildman–Crippen MR) is 90.5 cm³/mol. The normalized spacial score (nSPS) is 16.3. The van der Waals surface area contributed by atoms with Crippen molar-refractivity contribution in [2.24, 2.45) is 5.92 Å². The molecule has 0 aliphatic carbocycles. The molecule has 1 aromatic rings. The summed E-state index contributed by atoms with van der Waals surface area (Å²) in [5.74, 6) is -1.49. The Kier molecular flexibility index (Phi) is 6.74. The number of ketones is 1. The molecular formula is C16H21ClFNO4S. The Bertz CT molecular complexity index is 702. The maximum atomic E-state index is 14.0. The molecule has 1 aliphatic rings. The Hall–Kier alpha value is -1.02. The van der Waals surface area contributed by atoms with Crippen LogP contribution in [0, 0.1) is 11.7 Å². The van der Waals surface area contributed by atoms with Crippen molar-refractivity contribution >= 4 is 27.4 Å². The molecule has 1 aromatic carbocycles. The summed E-state index contributed by atoms with van der Waals surface area (Å²) in [6.45, 7) is 2.47. The number of nitrogens with one attached hydrogen (secondary N) is 1. The zero-order valence-electron chi connectivity index (χ0n) is 13.5. The molecule has 1 N–H and O–H groups in total. The molecule has 1 heterocycles. The van der Waals surface area contributed by atoms with Gasteiger partial charge in [0.25, 0.3) is 0 Å². The second-order valence-electron chi connectivity index (χ2n) is 5.87. The van der Waals surface area contributed by atoms with Gasteiger partial charge >= 0.3 is 0 Å². The Labute approximate surface area is 146 Å². The summed E-state index contributed by atoms with van der Waals surface area (Å²) >= 11 is 5.78. The number of ether oxygens (including phenoxy) is 1. The number of Topliss-reactive ketones (excluding diaryl/α,β-unsaturated/α-hetero) is 1. The number of rotatable bonds is 7. The second kappa shape index (κ2) is 8.38. The Morgan fingerprint density at radius 3 is 2.67 bits per heavy atom. The molecule has 0 saturated carbocycles. The minimum Gasteiger partial charge on any atom is -0.381 e. The van der Waals surface area contributed by atoms with Crippen LogP contribution in [0.2, 0.25) is 5.02 Å². The number of carbonyl (C=O) groups excluding carboxylic acids is 1. The second-order valence-corrected chi connectivity index (χ2v) is 8.13. The number of benzene rings is 1. The minimum atomic E-state index is -3.60. The highest BCUT2D eigenvalue weighted by molar-refractivity contribution is 7.89. The summed E-state index contributed by atoms with van der Waals surface area (Å²) in [6.07, 6.45) is 1.95. The van der Waals surface area contributed by atoms with Gasteiger partial charge in [0.2, 0.25) is 10.0 Å². The topological polar surface area (TPSA) is 72.5 Å². The van der Waals surface area contributed by atoms with E-state index in [9.17, 15) is 17.6 Å². The third kappa shape index (κ3) is 5.24. The molecule has 0 amide bonds. The highest BCUT2D eigenvalue weighted by atomic mass is 35.5. The zero-order chi connectivity index (χ0) is 17.7. The first kappa shape index (κ1) is 19.3. The largest absolute Gasteiger partial charge is 0.381 e. The summed E-state index contributed by atoms with van der Waals surface area (Å²) in [7, 11) is -3.60. The summed E-state index contributed by atoms with van der Waals surface area (Å²) < 4.78 is 45.6. The van der Waals surface area contributed by atoms with Crippen molar-refractivity contribution in [1.82, 2.24) is 4.72 Å². The van der Waals surface area contributed by atoms with Crippen LogP contribution in [0.3, 0.4) is 0 Å². The van der Waals surface area contributed by atoms with Crippen LogP contribution in [0.25, 0.3) is 0 Å². The fraction of sp³-hybridized carbons (Fsp3) is 0.562. The monoisotopic (exact) mass is 377 g/mol. The van der Waals surface area contributed by atoms with Crippen LogP contribution < -0.4 is 4.72 Å². The average Bonchev–Trinajstić information content (AvgIpc) is 2.55. The lowest BCUT2D eigenvalue weighted by molar-refractivity contribution is 0.0722. The fourth-order valence-corrected chi connectivity index (χ4v) is 4.27. The first-order valence-electron chi connectivity index (χ1n) is 7.88. The van der Waals surface area contributed by atoms with E-state index in [4.69, 9.17) is 16.3 Å². The molecule has 0 spiro atoms. The van der Waals surface area contributed by atoms with Gasteiger partial charge in [0.15, 0.2) is 11.6 Å².